The molecule has 5 heteroatoms. The summed E-state index contributed by atoms with van der Waals surface area (Å²) < 4.78 is 5.50. The summed E-state index contributed by atoms with van der Waals surface area (Å²) in [6, 6.07) is 18.8. The second-order valence-electron chi connectivity index (χ2n) is 8.42. The Morgan fingerprint density at radius 3 is 2.06 bits per heavy atom. The number of nitrogens with zero attached hydrogens (tertiary/aromatic N) is 1. The Labute approximate surface area is 194 Å². The quantitative estimate of drug-likeness (QED) is 0.499. The van der Waals surface area contributed by atoms with E-state index in [9.17, 15) is 9.59 Å². The van der Waals surface area contributed by atoms with E-state index in [-0.39, 0.29) is 17.5 Å². The van der Waals surface area contributed by atoms with E-state index in [1.54, 1.807) is 24.3 Å². The molecule has 0 atom stereocenters. The van der Waals surface area contributed by atoms with E-state index >= 15 is 0 Å². The van der Waals surface area contributed by atoms with Crippen molar-refractivity contribution < 1.29 is 14.3 Å². The largest absolute Gasteiger partial charge is 0.494 e. The van der Waals surface area contributed by atoms with Crippen molar-refractivity contribution in [3.63, 3.8) is 0 Å². The highest BCUT2D eigenvalue weighted by molar-refractivity contribution is 6.46. The lowest BCUT2D eigenvalue weighted by atomic mass is 9.99. The van der Waals surface area contributed by atoms with E-state index in [0.717, 1.165) is 33.5 Å². The van der Waals surface area contributed by atoms with Crippen LogP contribution in [0, 0.1) is 27.7 Å². The van der Waals surface area contributed by atoms with Crippen LogP contribution in [-0.2, 0) is 9.59 Å². The fraction of sp³-hybridized carbons (Fsp3) is 0.214. The third kappa shape index (κ3) is 4.40. The van der Waals surface area contributed by atoms with Crippen LogP contribution < -0.4 is 15.0 Å². The van der Waals surface area contributed by atoms with Gasteiger partial charge >= 0.3 is 0 Å². The van der Waals surface area contributed by atoms with Crippen LogP contribution in [0.25, 0.3) is 5.57 Å². The molecule has 0 saturated carbocycles. The Bertz CT molecular complexity index is 1250. The molecule has 0 spiro atoms. The summed E-state index contributed by atoms with van der Waals surface area (Å²) in [5.41, 5.74) is 6.99. The van der Waals surface area contributed by atoms with Crippen LogP contribution in [0.3, 0.4) is 0 Å². The molecule has 0 aliphatic carbocycles. The number of carbonyl (C=O) groups is 2. The Morgan fingerprint density at radius 1 is 0.788 bits per heavy atom. The van der Waals surface area contributed by atoms with Crippen molar-refractivity contribution >= 4 is 28.8 Å². The third-order valence-corrected chi connectivity index (χ3v) is 5.78. The molecule has 33 heavy (non-hydrogen) atoms. The fourth-order valence-corrected chi connectivity index (χ4v) is 4.09. The predicted octanol–water partition coefficient (Wildman–Crippen LogP) is 5.72. The summed E-state index contributed by atoms with van der Waals surface area (Å²) in [4.78, 5) is 28.5. The average molecular weight is 441 g/mol. The summed E-state index contributed by atoms with van der Waals surface area (Å²) in [6.07, 6.45) is 0. The van der Waals surface area contributed by atoms with Gasteiger partial charge in [-0.3, -0.25) is 9.59 Å². The molecule has 168 valence electrons. The van der Waals surface area contributed by atoms with Crippen LogP contribution >= 0.6 is 0 Å². The first kappa shape index (κ1) is 22.3. The second kappa shape index (κ2) is 8.94. The molecule has 0 saturated heterocycles. The topological polar surface area (TPSA) is 58.6 Å². The molecule has 4 rings (SSSR count). The number of imide groups is 1. The number of rotatable bonds is 6. The molecule has 1 aliphatic heterocycles. The van der Waals surface area contributed by atoms with Crippen molar-refractivity contribution in [3.05, 3.63) is 94.2 Å². The highest BCUT2D eigenvalue weighted by Crippen LogP contribution is 2.35. The van der Waals surface area contributed by atoms with Gasteiger partial charge in [0.2, 0.25) is 0 Å². The van der Waals surface area contributed by atoms with Crippen molar-refractivity contribution in [2.24, 2.45) is 0 Å². The second-order valence-corrected chi connectivity index (χ2v) is 8.42. The number of carbonyl (C=O) groups excluding carboxylic acids is 2. The lowest BCUT2D eigenvalue weighted by Gasteiger charge is -2.16. The Kier molecular flexibility index (Phi) is 6.05. The van der Waals surface area contributed by atoms with Gasteiger partial charge in [-0.2, -0.15) is 0 Å². The van der Waals surface area contributed by atoms with Crippen LogP contribution in [0.2, 0.25) is 0 Å². The van der Waals surface area contributed by atoms with E-state index in [4.69, 9.17) is 4.74 Å². The summed E-state index contributed by atoms with van der Waals surface area (Å²) in [7, 11) is 0. The van der Waals surface area contributed by atoms with E-state index in [1.807, 2.05) is 65.0 Å². The first-order chi connectivity index (χ1) is 15.8. The van der Waals surface area contributed by atoms with Crippen molar-refractivity contribution in [2.45, 2.75) is 34.6 Å². The summed E-state index contributed by atoms with van der Waals surface area (Å²) >= 11 is 0. The monoisotopic (exact) mass is 440 g/mol. The molecule has 5 nitrogen and oxygen atoms in total. The van der Waals surface area contributed by atoms with Crippen LogP contribution in [0.1, 0.15) is 34.7 Å². The van der Waals surface area contributed by atoms with Gasteiger partial charge in [0.05, 0.1) is 17.9 Å². The van der Waals surface area contributed by atoms with Crippen molar-refractivity contribution in [3.8, 4) is 5.75 Å². The van der Waals surface area contributed by atoms with Gasteiger partial charge in [-0.15, -0.1) is 0 Å². The van der Waals surface area contributed by atoms with Crippen molar-refractivity contribution in [1.29, 1.82) is 0 Å². The number of ether oxygens (including phenoxy) is 1. The molecule has 1 N–H and O–H groups in total. The molecule has 3 aromatic carbocycles. The molecule has 3 aromatic rings. The SMILES string of the molecule is CCOc1ccc(N2C(=O)C(Nc3cc(C)cc(C)c3)=C(c3ccc(C)c(C)c3)C2=O)cc1. The first-order valence-electron chi connectivity index (χ1n) is 11.1. The smallest absolute Gasteiger partial charge is 0.282 e. The van der Waals surface area contributed by atoms with Gasteiger partial charge in [0, 0.05) is 5.69 Å². The summed E-state index contributed by atoms with van der Waals surface area (Å²) in [5.74, 6) is -0.0351. The Morgan fingerprint density at radius 2 is 1.45 bits per heavy atom. The molecule has 0 fully saturated rings. The van der Waals surface area contributed by atoms with Crippen molar-refractivity contribution in [2.75, 3.05) is 16.8 Å². The highest BCUT2D eigenvalue weighted by atomic mass is 16.5. The maximum atomic E-state index is 13.6. The number of benzene rings is 3. The van der Waals surface area contributed by atoms with Gasteiger partial charge in [-0.25, -0.2) is 4.90 Å². The van der Waals surface area contributed by atoms with E-state index in [2.05, 4.69) is 11.4 Å². The molecule has 0 aromatic heterocycles. The van der Waals surface area contributed by atoms with Gasteiger partial charge < -0.3 is 10.1 Å². The maximum Gasteiger partial charge on any atom is 0.282 e. The zero-order chi connectivity index (χ0) is 23.7. The number of aryl methyl sites for hydroxylation is 4. The maximum absolute atomic E-state index is 13.6. The van der Waals surface area contributed by atoms with Crippen LogP contribution in [0.4, 0.5) is 11.4 Å². The Balaban J connectivity index is 1.81. The third-order valence-electron chi connectivity index (χ3n) is 5.78. The van der Waals surface area contributed by atoms with E-state index in [1.165, 1.54) is 4.90 Å². The molecule has 1 aliphatic rings. The van der Waals surface area contributed by atoms with E-state index < -0.39 is 0 Å². The zero-order valence-electron chi connectivity index (χ0n) is 19.7. The molecular formula is C28H28N2O3. The highest BCUT2D eigenvalue weighted by Gasteiger charge is 2.40. The van der Waals surface area contributed by atoms with Gasteiger partial charge in [0.25, 0.3) is 11.8 Å². The van der Waals surface area contributed by atoms with Gasteiger partial charge in [0.15, 0.2) is 0 Å². The molecule has 2 amide bonds. The summed E-state index contributed by atoms with van der Waals surface area (Å²) in [5, 5.41) is 3.26. The number of hydrogen-bond acceptors (Lipinski definition) is 4. The van der Waals surface area contributed by atoms with E-state index in [0.29, 0.717) is 23.6 Å². The number of hydrogen-bond donors (Lipinski definition) is 1. The first-order valence-corrected chi connectivity index (χ1v) is 11.1. The lowest BCUT2D eigenvalue weighted by molar-refractivity contribution is -0.120. The lowest BCUT2D eigenvalue weighted by Crippen LogP contribution is -2.32. The molecular weight excluding hydrogens is 412 g/mol. The zero-order valence-corrected chi connectivity index (χ0v) is 19.7. The van der Waals surface area contributed by atoms with Crippen LogP contribution in [-0.4, -0.2) is 18.4 Å². The normalized spacial score (nSPS) is 13.7. The number of nitrogens with one attached hydrogen (secondary N) is 1. The minimum absolute atomic E-state index is 0.280. The molecule has 1 heterocycles. The fourth-order valence-electron chi connectivity index (χ4n) is 4.09. The molecule has 0 radical (unpaired) electrons. The van der Waals surface area contributed by atoms with Gasteiger partial charge in [0.1, 0.15) is 11.4 Å². The minimum Gasteiger partial charge on any atom is -0.494 e. The summed E-state index contributed by atoms with van der Waals surface area (Å²) in [6.45, 7) is 10.5. The number of amides is 2. The van der Waals surface area contributed by atoms with Crippen molar-refractivity contribution in [1.82, 2.24) is 0 Å². The van der Waals surface area contributed by atoms with Gasteiger partial charge in [-0.1, -0.05) is 24.3 Å². The number of anilines is 2. The molecule has 0 unspecified atom stereocenters. The Hall–Kier alpha value is -3.86. The van der Waals surface area contributed by atoms with Crippen LogP contribution in [0.5, 0.6) is 5.75 Å². The molecule has 0 bridgehead atoms. The van der Waals surface area contributed by atoms with Crippen LogP contribution in [0.15, 0.2) is 66.4 Å². The standard InChI is InChI=1S/C28H28N2O3/c1-6-33-24-11-9-23(10-12-24)30-27(31)25(21-8-7-19(4)20(5)16-21)26(28(30)32)29-22-14-17(2)13-18(3)15-22/h7-16,29H,6H2,1-5H3. The predicted molar refractivity (Wildman–Crippen MR) is 132 cm³/mol. The average Bonchev–Trinajstić information content (AvgIpc) is 3.00. The minimum atomic E-state index is -0.378. The van der Waals surface area contributed by atoms with Gasteiger partial charge in [-0.05, 0) is 98.8 Å².